The number of hydroxylamine groups is 2. The fraction of sp³-hybridized carbons (Fsp3) is 0.333. The summed E-state index contributed by atoms with van der Waals surface area (Å²) in [5.41, 5.74) is 8.02. The molecule has 7 heteroatoms. The molecule has 0 aromatic heterocycles. The van der Waals surface area contributed by atoms with Gasteiger partial charge in [-0.3, -0.25) is 0 Å². The fourth-order valence-electron chi connectivity index (χ4n) is 4.20. The first-order chi connectivity index (χ1) is 13.5. The Morgan fingerprint density at radius 3 is 2.79 bits per heavy atom. The molecule has 1 fully saturated rings. The molecule has 142 valence electrons. The Kier molecular flexibility index (Phi) is 3.63. The van der Waals surface area contributed by atoms with Gasteiger partial charge >= 0.3 is 0 Å². The highest BCUT2D eigenvalue weighted by Gasteiger charge is 2.55. The third kappa shape index (κ3) is 2.53. The van der Waals surface area contributed by atoms with Crippen molar-refractivity contribution in [3.8, 4) is 16.9 Å². The quantitative estimate of drug-likeness (QED) is 0.774. The summed E-state index contributed by atoms with van der Waals surface area (Å²) in [4.78, 5) is 14.4. The average molecular weight is 376 g/mol. The molecule has 2 aromatic rings. The van der Waals surface area contributed by atoms with Crippen LogP contribution in [0.4, 0.5) is 5.69 Å². The van der Waals surface area contributed by atoms with Crippen LogP contribution in [0.5, 0.6) is 5.75 Å². The average Bonchev–Trinajstić information content (AvgIpc) is 3.26. The molecule has 0 radical (unpaired) electrons. The van der Waals surface area contributed by atoms with Crippen molar-refractivity contribution in [2.45, 2.75) is 24.2 Å². The highest BCUT2D eigenvalue weighted by atomic mass is 16.7. The molecule has 2 spiro atoms. The predicted molar refractivity (Wildman–Crippen MR) is 104 cm³/mol. The second-order valence-corrected chi connectivity index (χ2v) is 7.48. The molecule has 5 rings (SSSR count). The van der Waals surface area contributed by atoms with E-state index in [2.05, 4.69) is 4.85 Å². The summed E-state index contributed by atoms with van der Waals surface area (Å²) in [6, 6.07) is 13.5. The van der Waals surface area contributed by atoms with Crippen molar-refractivity contribution in [1.82, 2.24) is 5.06 Å². The molecule has 2 atom stereocenters. The Morgan fingerprint density at radius 2 is 2.07 bits per heavy atom. The number of aliphatic imine (C=N–C) groups is 1. The van der Waals surface area contributed by atoms with Gasteiger partial charge in [0.05, 0.1) is 25.3 Å². The van der Waals surface area contributed by atoms with Gasteiger partial charge in [0, 0.05) is 19.9 Å². The van der Waals surface area contributed by atoms with Crippen LogP contribution in [0.15, 0.2) is 47.5 Å². The zero-order valence-corrected chi connectivity index (χ0v) is 15.5. The Hall–Kier alpha value is -3.08. The van der Waals surface area contributed by atoms with E-state index in [1.807, 2.05) is 36.4 Å². The Balaban J connectivity index is 1.65. The molecule has 3 aliphatic heterocycles. The van der Waals surface area contributed by atoms with Crippen LogP contribution in [-0.2, 0) is 15.3 Å². The minimum absolute atomic E-state index is 0.335. The summed E-state index contributed by atoms with van der Waals surface area (Å²) in [6.45, 7) is 8.42. The molecular weight excluding hydrogens is 356 g/mol. The molecule has 3 aliphatic rings. The predicted octanol–water partition coefficient (Wildman–Crippen LogP) is 3.19. The van der Waals surface area contributed by atoms with E-state index in [-0.39, 0.29) is 0 Å². The molecule has 1 saturated heterocycles. The van der Waals surface area contributed by atoms with Crippen molar-refractivity contribution in [2.24, 2.45) is 10.7 Å². The third-order valence-electron chi connectivity index (χ3n) is 5.57. The largest absolute Gasteiger partial charge is 0.484 e. The van der Waals surface area contributed by atoms with E-state index < -0.39 is 11.3 Å². The van der Waals surface area contributed by atoms with Crippen LogP contribution in [0.3, 0.4) is 0 Å². The Bertz CT molecular complexity index is 1020. The van der Waals surface area contributed by atoms with Gasteiger partial charge in [0.15, 0.2) is 5.69 Å². The molecule has 0 bridgehead atoms. The number of rotatable bonds is 1. The monoisotopic (exact) mass is 376 g/mol. The topological polar surface area (TPSA) is 73.7 Å². The Morgan fingerprint density at radius 1 is 1.21 bits per heavy atom. The van der Waals surface area contributed by atoms with Gasteiger partial charge in [-0.25, -0.2) is 19.7 Å². The van der Waals surface area contributed by atoms with E-state index in [1.165, 1.54) is 5.06 Å². The molecule has 2 aromatic carbocycles. The first-order valence-corrected chi connectivity index (χ1v) is 9.20. The highest BCUT2D eigenvalue weighted by Crippen LogP contribution is 2.52. The lowest BCUT2D eigenvalue weighted by molar-refractivity contribution is -0.203. The van der Waals surface area contributed by atoms with Crippen molar-refractivity contribution in [1.29, 1.82) is 0 Å². The van der Waals surface area contributed by atoms with Crippen LogP contribution in [0, 0.1) is 6.57 Å². The maximum absolute atomic E-state index is 7.26. The number of hydrogen-bond acceptors (Lipinski definition) is 6. The van der Waals surface area contributed by atoms with E-state index in [9.17, 15) is 0 Å². The van der Waals surface area contributed by atoms with Crippen molar-refractivity contribution in [3.63, 3.8) is 0 Å². The zero-order valence-electron chi connectivity index (χ0n) is 15.5. The molecule has 3 heterocycles. The van der Waals surface area contributed by atoms with Crippen LogP contribution in [0.2, 0.25) is 0 Å². The van der Waals surface area contributed by atoms with Gasteiger partial charge in [0.1, 0.15) is 11.4 Å². The molecule has 0 saturated carbocycles. The molecule has 7 nitrogen and oxygen atoms in total. The fourth-order valence-corrected chi connectivity index (χ4v) is 4.20. The number of ether oxygens (including phenoxy) is 2. The molecular formula is C21H20N4O3. The van der Waals surface area contributed by atoms with E-state index in [0.717, 1.165) is 28.9 Å². The minimum atomic E-state index is -0.937. The van der Waals surface area contributed by atoms with Gasteiger partial charge in [-0.05, 0) is 29.3 Å². The van der Waals surface area contributed by atoms with Crippen LogP contribution >= 0.6 is 0 Å². The summed E-state index contributed by atoms with van der Waals surface area (Å²) in [7, 11) is 1.75. The highest BCUT2D eigenvalue weighted by molar-refractivity contribution is 5.79. The Labute approximate surface area is 163 Å². The lowest BCUT2D eigenvalue weighted by Crippen LogP contribution is -2.49. The van der Waals surface area contributed by atoms with Gasteiger partial charge in [-0.2, -0.15) is 0 Å². The van der Waals surface area contributed by atoms with Crippen molar-refractivity contribution < 1.29 is 14.3 Å². The number of nitrogens with two attached hydrogens (primary N) is 1. The normalized spacial score (nSPS) is 28.1. The van der Waals surface area contributed by atoms with Crippen LogP contribution < -0.4 is 10.5 Å². The van der Waals surface area contributed by atoms with Gasteiger partial charge in [0.25, 0.3) is 0 Å². The van der Waals surface area contributed by atoms with Crippen molar-refractivity contribution in [3.05, 3.63) is 59.4 Å². The standard InChI is InChI=1S/C21H20N4O3/c1-23-16-5-3-4-14(10-16)15-6-7-18-17(11-15)21(24-19(22)25(2)28-21)12-20(27-18)8-9-26-13-20/h3-7,10-11H,8-9,12-13H2,2H3,(H2,22,24)/t20-,21-/m1/s1. The lowest BCUT2D eigenvalue weighted by Gasteiger charge is -2.42. The molecule has 28 heavy (non-hydrogen) atoms. The van der Waals surface area contributed by atoms with Crippen molar-refractivity contribution in [2.75, 3.05) is 20.3 Å². The maximum atomic E-state index is 7.26. The maximum Gasteiger partial charge on any atom is 0.222 e. The van der Waals surface area contributed by atoms with Gasteiger partial charge in [0.2, 0.25) is 11.7 Å². The second-order valence-electron chi connectivity index (χ2n) is 7.48. The second kappa shape index (κ2) is 5.96. The van der Waals surface area contributed by atoms with Crippen LogP contribution in [-0.4, -0.2) is 36.9 Å². The number of nitrogens with zero attached hydrogens (tertiary/aromatic N) is 3. The third-order valence-corrected chi connectivity index (χ3v) is 5.57. The van der Waals surface area contributed by atoms with Crippen molar-refractivity contribution >= 4 is 11.6 Å². The van der Waals surface area contributed by atoms with Crippen LogP contribution in [0.1, 0.15) is 18.4 Å². The first-order valence-electron chi connectivity index (χ1n) is 9.20. The SMILES string of the molecule is [C-]#[N+]c1cccc(-c2ccc3c(c2)[C@]2(C[C@@]4(CCOC4)O3)N=C(N)N(C)O2)c1. The van der Waals surface area contributed by atoms with Crippen LogP contribution in [0.25, 0.3) is 16.0 Å². The molecule has 0 unspecified atom stereocenters. The van der Waals surface area contributed by atoms with Gasteiger partial charge in [-0.15, -0.1) is 0 Å². The summed E-state index contributed by atoms with van der Waals surface area (Å²) in [5, 5.41) is 1.50. The van der Waals surface area contributed by atoms with E-state index in [1.54, 1.807) is 13.1 Å². The number of guanidine groups is 1. The summed E-state index contributed by atoms with van der Waals surface area (Å²) < 4.78 is 12.0. The summed E-state index contributed by atoms with van der Waals surface area (Å²) in [5.74, 6) is 1.07. The molecule has 0 amide bonds. The zero-order chi connectivity index (χ0) is 19.4. The first kappa shape index (κ1) is 17.0. The minimum Gasteiger partial charge on any atom is -0.484 e. The van der Waals surface area contributed by atoms with Gasteiger partial charge < -0.3 is 15.2 Å². The molecule has 2 N–H and O–H groups in total. The van der Waals surface area contributed by atoms with Gasteiger partial charge in [-0.1, -0.05) is 24.3 Å². The van der Waals surface area contributed by atoms with E-state index >= 15 is 0 Å². The van der Waals surface area contributed by atoms with E-state index in [4.69, 9.17) is 31.6 Å². The molecule has 0 aliphatic carbocycles. The number of benzene rings is 2. The number of fused-ring (bicyclic) bond motifs is 2. The summed E-state index contributed by atoms with van der Waals surface area (Å²) >= 11 is 0. The number of hydrogen-bond donors (Lipinski definition) is 1. The lowest BCUT2D eigenvalue weighted by atomic mass is 9.83. The van der Waals surface area contributed by atoms with E-state index in [0.29, 0.717) is 31.3 Å². The smallest absolute Gasteiger partial charge is 0.222 e. The summed E-state index contributed by atoms with van der Waals surface area (Å²) in [6.07, 6.45) is 1.31.